The summed E-state index contributed by atoms with van der Waals surface area (Å²) in [6.07, 6.45) is -8.15. The average molecular weight is 687 g/mol. The number of hydrogen-bond acceptors (Lipinski definition) is 15. The number of ketones is 1. The zero-order chi connectivity index (χ0) is 31.8. The number of aliphatic hydroxyl groups excluding tert-OH is 1. The number of rotatable bonds is 2. The van der Waals surface area contributed by atoms with Gasteiger partial charge in [0.15, 0.2) is 41.7 Å². The smallest absolute Gasteiger partial charge is 0.325 e. The van der Waals surface area contributed by atoms with Crippen molar-refractivity contribution >= 4 is 68.4 Å². The van der Waals surface area contributed by atoms with Gasteiger partial charge in [-0.2, -0.15) is 0 Å². The molecule has 0 aromatic carbocycles. The van der Waals surface area contributed by atoms with Crippen molar-refractivity contribution in [2.45, 2.75) is 55.6 Å². The topological polar surface area (TPSA) is 217 Å². The second kappa shape index (κ2) is 11.3. The molecule has 2 radical (unpaired) electrons. The minimum absolute atomic E-state index is 0.0407. The van der Waals surface area contributed by atoms with Crippen molar-refractivity contribution in [1.82, 2.24) is 24.1 Å². The van der Waals surface area contributed by atoms with Crippen molar-refractivity contribution < 1.29 is 55.7 Å². The number of fused-ring (bicyclic) bond motifs is 4. The third-order valence-electron chi connectivity index (χ3n) is 7.58. The molecule has 23 heteroatoms. The minimum atomic E-state index is -4.57. The van der Waals surface area contributed by atoms with E-state index < -0.39 is 88.2 Å². The molecule has 7 heterocycles. The number of halogens is 2. The second-order valence-corrected chi connectivity index (χ2v) is 14.7. The molecule has 17 nitrogen and oxygen atoms in total. The Labute approximate surface area is 257 Å². The van der Waals surface area contributed by atoms with Gasteiger partial charge in [0.05, 0.1) is 25.1 Å². The molecular weight excluding hydrogens is 665 g/mol. The van der Waals surface area contributed by atoms with E-state index in [4.69, 9.17) is 52.7 Å². The first-order chi connectivity index (χ1) is 21.3. The summed E-state index contributed by atoms with van der Waals surface area (Å²) in [5, 5.41) is 11.2. The average Bonchev–Trinajstić information content (AvgIpc) is 3.71. The van der Waals surface area contributed by atoms with E-state index in [1.807, 2.05) is 0 Å². The first-order valence-electron chi connectivity index (χ1n) is 13.2. The number of ether oxygens (including phenoxy) is 2. The molecule has 4 N–H and O–H groups in total. The number of nitrogens with two attached hydrogens (primary N) is 1. The van der Waals surface area contributed by atoms with E-state index in [-0.39, 0.29) is 34.8 Å². The van der Waals surface area contributed by atoms with Crippen LogP contribution in [0.25, 0.3) is 11.2 Å². The van der Waals surface area contributed by atoms with E-state index in [1.54, 1.807) is 0 Å². The van der Waals surface area contributed by atoms with Gasteiger partial charge < -0.3 is 43.3 Å². The standard InChI is InChI=1S/C22H22BF2N7O10P2S/c23-43(35)37-4-10-16(13(25)21(39-10)32-7-30-14-18(26)28-6-29-20(14)32)42-44(36,45)38-5-11-17(41-43)15(34)22(40-11)31-3-8(24)12-9(33)1-2-27-19(12)31/h2-3,6-7,10-11,13,15-17,21-22,34H,1,4-5H2,(H,36,45)(H2,26,28,29)/t10-,11-,13?,15+,16+,17?,21-,22-,43?,44?/m1/s1. The van der Waals surface area contributed by atoms with Gasteiger partial charge in [0.2, 0.25) is 7.57 Å². The normalized spacial score (nSPS) is 38.8. The largest absolute Gasteiger partial charge is 0.386 e. The summed E-state index contributed by atoms with van der Waals surface area (Å²) in [6.45, 7) is -5.63. The molecule has 0 bridgehead atoms. The van der Waals surface area contributed by atoms with Crippen LogP contribution in [0.5, 0.6) is 0 Å². The van der Waals surface area contributed by atoms with Crippen LogP contribution in [0.1, 0.15) is 29.2 Å². The van der Waals surface area contributed by atoms with Gasteiger partial charge in [-0.15, -0.1) is 0 Å². The number of carbonyl (C=O) groups excluding carboxylic acids is 1. The van der Waals surface area contributed by atoms with Crippen LogP contribution in [0.4, 0.5) is 20.4 Å². The summed E-state index contributed by atoms with van der Waals surface area (Å²) in [7, 11) is 1.28. The van der Waals surface area contributed by atoms with Crippen LogP contribution < -0.4 is 5.73 Å². The quantitative estimate of drug-likeness (QED) is 0.254. The highest BCUT2D eigenvalue weighted by Gasteiger charge is 2.53. The van der Waals surface area contributed by atoms with E-state index in [1.165, 1.54) is 17.1 Å². The summed E-state index contributed by atoms with van der Waals surface area (Å²) >= 11 is 5.14. The summed E-state index contributed by atoms with van der Waals surface area (Å²) in [5.41, 5.74) is 5.84. The Morgan fingerprint density at radius 3 is 2.62 bits per heavy atom. The van der Waals surface area contributed by atoms with Crippen LogP contribution in [-0.2, 0) is 43.9 Å². The summed E-state index contributed by atoms with van der Waals surface area (Å²) in [4.78, 5) is 39.2. The number of anilines is 1. The van der Waals surface area contributed by atoms with E-state index in [2.05, 4.69) is 19.9 Å². The van der Waals surface area contributed by atoms with E-state index in [0.29, 0.717) is 0 Å². The van der Waals surface area contributed by atoms with Crippen molar-refractivity contribution in [3.05, 3.63) is 30.2 Å². The van der Waals surface area contributed by atoms with E-state index in [0.717, 1.165) is 17.1 Å². The van der Waals surface area contributed by atoms with Gasteiger partial charge in [-0.05, 0) is 11.8 Å². The number of hydrogen-bond donors (Lipinski definition) is 3. The Morgan fingerprint density at radius 1 is 1.09 bits per heavy atom. The van der Waals surface area contributed by atoms with Crippen LogP contribution in [0.3, 0.4) is 0 Å². The van der Waals surface area contributed by atoms with E-state index >= 15 is 4.39 Å². The molecule has 4 unspecified atom stereocenters. The molecule has 0 amide bonds. The molecule has 0 saturated carbocycles. The Hall–Kier alpha value is -2.55. The Kier molecular flexibility index (Phi) is 7.81. The number of nitrogen functional groups attached to an aromatic ring is 1. The lowest BCUT2D eigenvalue weighted by Gasteiger charge is -2.30. The Bertz CT molecular complexity index is 1820. The number of aromatic nitrogens is 5. The molecule has 4 aliphatic heterocycles. The van der Waals surface area contributed by atoms with Crippen LogP contribution in [0.2, 0.25) is 0 Å². The maximum atomic E-state index is 16.0. The van der Waals surface area contributed by atoms with Crippen LogP contribution in [-0.4, -0.2) is 104 Å². The zero-order valence-corrected chi connectivity index (χ0v) is 25.2. The minimum Gasteiger partial charge on any atom is -0.386 e. The molecule has 7 rings (SSSR count). The molecule has 3 aromatic rings. The lowest BCUT2D eigenvalue weighted by molar-refractivity contribution is -0.0579. The molecule has 3 saturated heterocycles. The van der Waals surface area contributed by atoms with Crippen molar-refractivity contribution in [3.63, 3.8) is 0 Å². The molecule has 10 atom stereocenters. The molecule has 3 aromatic heterocycles. The van der Waals surface area contributed by atoms with Crippen LogP contribution >= 0.6 is 14.2 Å². The van der Waals surface area contributed by atoms with Crippen molar-refractivity contribution in [2.24, 2.45) is 4.99 Å². The molecule has 0 aliphatic carbocycles. The predicted octanol–water partition coefficient (Wildman–Crippen LogP) is 1.14. The number of nitrogens with zero attached hydrogens (tertiary/aromatic N) is 6. The lowest BCUT2D eigenvalue weighted by atomic mass is 10.1. The van der Waals surface area contributed by atoms with Gasteiger partial charge in [0.1, 0.15) is 48.2 Å². The summed E-state index contributed by atoms with van der Waals surface area (Å²) in [5.74, 6) is -1.52. The summed E-state index contributed by atoms with van der Waals surface area (Å²) < 4.78 is 79.7. The first kappa shape index (κ1) is 31.1. The number of aliphatic hydroxyl groups is 1. The monoisotopic (exact) mass is 687 g/mol. The maximum absolute atomic E-state index is 16.0. The highest BCUT2D eigenvalue weighted by molar-refractivity contribution is 8.07. The molecule has 4 aliphatic rings. The Morgan fingerprint density at radius 2 is 1.82 bits per heavy atom. The zero-order valence-electron chi connectivity index (χ0n) is 22.6. The molecule has 3 fully saturated rings. The fourth-order valence-electron chi connectivity index (χ4n) is 5.56. The number of carbonyl (C=O) groups is 1. The van der Waals surface area contributed by atoms with Crippen LogP contribution in [0, 0.1) is 5.82 Å². The van der Waals surface area contributed by atoms with Crippen molar-refractivity contribution in [3.8, 4) is 0 Å². The molecule has 0 spiro atoms. The molecular formula is C22H22BF2N7O10P2S. The van der Waals surface area contributed by atoms with Gasteiger partial charge in [0, 0.05) is 18.8 Å². The number of aliphatic imine (C=N–C) groups is 1. The van der Waals surface area contributed by atoms with Gasteiger partial charge >= 0.3 is 6.72 Å². The maximum Gasteiger partial charge on any atom is 0.325 e. The third kappa shape index (κ3) is 5.49. The second-order valence-electron chi connectivity index (χ2n) is 10.4. The van der Waals surface area contributed by atoms with Gasteiger partial charge in [-0.25, -0.2) is 28.7 Å². The molecule has 45 heavy (non-hydrogen) atoms. The first-order valence-corrected chi connectivity index (χ1v) is 17.4. The number of imidazole rings is 1. The molecule has 238 valence electrons. The van der Waals surface area contributed by atoms with Gasteiger partial charge in [-0.1, -0.05) is 0 Å². The Balaban J connectivity index is 1.16. The highest BCUT2D eigenvalue weighted by atomic mass is 32.5. The SMILES string of the molecule is [B]P1(=O)OC[C@H]2O[C@@H](n3cnc4c(N)ncnc43)C(F)[C@H]2OP(O)(=S)OC[C@H]2O[C@@H](n3cc(F)c4c3N=CCC4=O)[C@@H](O)C2O1. The van der Waals surface area contributed by atoms with Crippen molar-refractivity contribution in [1.29, 1.82) is 0 Å². The number of alkyl halides is 1. The van der Waals surface area contributed by atoms with Gasteiger partial charge in [0.25, 0.3) is 7.47 Å². The third-order valence-corrected chi connectivity index (χ3v) is 10.2. The van der Waals surface area contributed by atoms with Gasteiger partial charge in [-0.3, -0.25) is 18.5 Å². The number of Topliss-reactive ketones (excluding diaryl/α,β-unsaturated/α-hetero) is 1. The van der Waals surface area contributed by atoms with E-state index in [9.17, 15) is 23.7 Å². The fourth-order valence-corrected chi connectivity index (χ4v) is 8.01. The fraction of sp³-hybridized carbons (Fsp3) is 0.500. The lowest BCUT2D eigenvalue weighted by Crippen LogP contribution is -2.38. The highest BCUT2D eigenvalue weighted by Crippen LogP contribution is 2.54. The van der Waals surface area contributed by atoms with Crippen LogP contribution in [0.15, 0.2) is 23.8 Å². The predicted molar refractivity (Wildman–Crippen MR) is 151 cm³/mol. The van der Waals surface area contributed by atoms with Crippen molar-refractivity contribution in [2.75, 3.05) is 18.9 Å². The summed E-state index contributed by atoms with van der Waals surface area (Å²) in [6, 6.07) is 0.